The van der Waals surface area contributed by atoms with Crippen molar-refractivity contribution in [1.82, 2.24) is 5.32 Å². The maximum Gasteiger partial charge on any atom is 0.254 e. The Hall–Kier alpha value is -0.770. The van der Waals surface area contributed by atoms with Crippen LogP contribution in [0.25, 0.3) is 0 Å². The maximum absolute atomic E-state index is 11.8. The van der Waals surface area contributed by atoms with E-state index in [1.807, 2.05) is 6.92 Å². The van der Waals surface area contributed by atoms with Crippen molar-refractivity contribution < 1.29 is 4.79 Å². The number of carbonyl (C=O) groups excluding carboxylic acids is 1. The molecule has 1 aromatic rings. The maximum atomic E-state index is 11.8. The van der Waals surface area contributed by atoms with Gasteiger partial charge in [-0.2, -0.15) is 0 Å². The van der Waals surface area contributed by atoms with Gasteiger partial charge in [0.05, 0.1) is 15.6 Å². The molecule has 0 saturated heterocycles. The summed E-state index contributed by atoms with van der Waals surface area (Å²) in [7, 11) is 0. The largest absolute Gasteiger partial charge is 0.350 e. The Balaban J connectivity index is 2.73. The standard InChI is InChI=1S/C11H14Cl2N2O/c1-2-7(14)6-15-11(16)10-8(12)4-3-5-9(10)13/h3-5,7H,2,6,14H2,1H3,(H,15,16). The summed E-state index contributed by atoms with van der Waals surface area (Å²) in [4.78, 5) is 11.8. The zero-order valence-corrected chi connectivity index (χ0v) is 10.5. The second-order valence-corrected chi connectivity index (χ2v) is 4.29. The SMILES string of the molecule is CCC(N)CNC(=O)c1c(Cl)cccc1Cl. The number of halogens is 2. The summed E-state index contributed by atoms with van der Waals surface area (Å²) in [6.07, 6.45) is 0.802. The van der Waals surface area contributed by atoms with Gasteiger partial charge in [-0.1, -0.05) is 36.2 Å². The van der Waals surface area contributed by atoms with E-state index in [1.165, 1.54) is 0 Å². The van der Waals surface area contributed by atoms with Crippen molar-refractivity contribution in [2.75, 3.05) is 6.54 Å². The average Bonchev–Trinajstić information content (AvgIpc) is 2.25. The lowest BCUT2D eigenvalue weighted by Crippen LogP contribution is -2.36. The summed E-state index contributed by atoms with van der Waals surface area (Å²) in [6.45, 7) is 2.37. The van der Waals surface area contributed by atoms with E-state index in [4.69, 9.17) is 28.9 Å². The molecule has 3 nitrogen and oxygen atoms in total. The van der Waals surface area contributed by atoms with Gasteiger partial charge in [0, 0.05) is 12.6 Å². The number of hydrogen-bond acceptors (Lipinski definition) is 2. The third-order valence-corrected chi connectivity index (χ3v) is 2.87. The van der Waals surface area contributed by atoms with E-state index in [1.54, 1.807) is 18.2 Å². The quantitative estimate of drug-likeness (QED) is 0.874. The minimum absolute atomic E-state index is 0.0507. The lowest BCUT2D eigenvalue weighted by molar-refractivity contribution is 0.0951. The summed E-state index contributed by atoms with van der Waals surface area (Å²) >= 11 is 11.8. The first-order valence-electron chi connectivity index (χ1n) is 5.04. The summed E-state index contributed by atoms with van der Waals surface area (Å²) in [5.74, 6) is -0.292. The fraction of sp³-hybridized carbons (Fsp3) is 0.364. The Morgan fingerprint density at radius 3 is 2.50 bits per heavy atom. The van der Waals surface area contributed by atoms with Crippen LogP contribution in [0.4, 0.5) is 0 Å². The highest BCUT2D eigenvalue weighted by Crippen LogP contribution is 2.23. The molecule has 0 saturated carbocycles. The molecule has 0 bridgehead atoms. The fourth-order valence-electron chi connectivity index (χ4n) is 1.17. The van der Waals surface area contributed by atoms with Crippen LogP contribution in [0, 0.1) is 0 Å². The van der Waals surface area contributed by atoms with Gasteiger partial charge in [-0.15, -0.1) is 0 Å². The van der Waals surface area contributed by atoms with Crippen molar-refractivity contribution in [2.45, 2.75) is 19.4 Å². The molecule has 0 aliphatic heterocycles. The van der Waals surface area contributed by atoms with Gasteiger partial charge >= 0.3 is 0 Å². The van der Waals surface area contributed by atoms with Crippen LogP contribution in [0.5, 0.6) is 0 Å². The van der Waals surface area contributed by atoms with Crippen LogP contribution in [-0.4, -0.2) is 18.5 Å². The number of nitrogens with two attached hydrogens (primary N) is 1. The molecule has 0 heterocycles. The van der Waals surface area contributed by atoms with Crippen LogP contribution in [0.3, 0.4) is 0 Å². The molecule has 3 N–H and O–H groups in total. The van der Waals surface area contributed by atoms with Crippen molar-refractivity contribution in [3.63, 3.8) is 0 Å². The lowest BCUT2D eigenvalue weighted by atomic mass is 10.2. The number of rotatable bonds is 4. The van der Waals surface area contributed by atoms with Gasteiger partial charge in [-0.25, -0.2) is 0 Å². The van der Waals surface area contributed by atoms with Crippen LogP contribution < -0.4 is 11.1 Å². The van der Waals surface area contributed by atoms with E-state index in [9.17, 15) is 4.79 Å². The number of benzene rings is 1. The van der Waals surface area contributed by atoms with Crippen LogP contribution in [0.2, 0.25) is 10.0 Å². The second kappa shape index (κ2) is 6.09. The van der Waals surface area contributed by atoms with E-state index in [0.29, 0.717) is 22.2 Å². The Morgan fingerprint density at radius 1 is 1.44 bits per heavy atom. The van der Waals surface area contributed by atoms with E-state index in [0.717, 1.165) is 6.42 Å². The first-order chi connectivity index (χ1) is 7.56. The third kappa shape index (κ3) is 3.37. The number of nitrogens with one attached hydrogen (secondary N) is 1. The van der Waals surface area contributed by atoms with Crippen LogP contribution in [0.15, 0.2) is 18.2 Å². The Morgan fingerprint density at radius 2 is 2.00 bits per heavy atom. The molecule has 1 unspecified atom stereocenters. The van der Waals surface area contributed by atoms with Gasteiger partial charge in [0.1, 0.15) is 0 Å². The summed E-state index contributed by atoms with van der Waals surface area (Å²) in [5, 5.41) is 3.38. The highest BCUT2D eigenvalue weighted by molar-refractivity contribution is 6.39. The second-order valence-electron chi connectivity index (χ2n) is 3.48. The van der Waals surface area contributed by atoms with Crippen molar-refractivity contribution in [1.29, 1.82) is 0 Å². The van der Waals surface area contributed by atoms with Gasteiger partial charge in [-0.3, -0.25) is 4.79 Å². The molecule has 0 spiro atoms. The first-order valence-corrected chi connectivity index (χ1v) is 5.79. The zero-order chi connectivity index (χ0) is 12.1. The summed E-state index contributed by atoms with van der Waals surface area (Å²) < 4.78 is 0. The first kappa shape index (κ1) is 13.3. The Kier molecular flexibility index (Phi) is 5.06. The minimum Gasteiger partial charge on any atom is -0.350 e. The average molecular weight is 261 g/mol. The molecule has 1 atom stereocenters. The Labute approximate surface area is 105 Å². The summed E-state index contributed by atoms with van der Waals surface area (Å²) in [6, 6.07) is 4.90. The van der Waals surface area contributed by atoms with Gasteiger partial charge in [0.15, 0.2) is 0 Å². The van der Waals surface area contributed by atoms with Crippen LogP contribution in [-0.2, 0) is 0 Å². The van der Waals surface area contributed by atoms with E-state index in [2.05, 4.69) is 5.32 Å². The van der Waals surface area contributed by atoms with Gasteiger partial charge in [0.2, 0.25) is 0 Å². The molecule has 1 aromatic carbocycles. The van der Waals surface area contributed by atoms with Crippen molar-refractivity contribution in [3.8, 4) is 0 Å². The normalized spacial score (nSPS) is 12.2. The van der Waals surface area contributed by atoms with Crippen molar-refractivity contribution in [2.24, 2.45) is 5.73 Å². The van der Waals surface area contributed by atoms with E-state index < -0.39 is 0 Å². The van der Waals surface area contributed by atoms with Gasteiger partial charge in [0.25, 0.3) is 5.91 Å². The van der Waals surface area contributed by atoms with Gasteiger partial charge < -0.3 is 11.1 Å². The van der Waals surface area contributed by atoms with E-state index >= 15 is 0 Å². The smallest absolute Gasteiger partial charge is 0.254 e. The highest BCUT2D eigenvalue weighted by Gasteiger charge is 2.14. The molecule has 5 heteroatoms. The lowest BCUT2D eigenvalue weighted by Gasteiger charge is -2.11. The number of carbonyl (C=O) groups is 1. The molecule has 0 radical (unpaired) electrons. The third-order valence-electron chi connectivity index (χ3n) is 2.24. The molecule has 0 fully saturated rings. The molecule has 16 heavy (non-hydrogen) atoms. The topological polar surface area (TPSA) is 55.1 Å². The van der Waals surface area contributed by atoms with Crippen molar-refractivity contribution in [3.05, 3.63) is 33.8 Å². The van der Waals surface area contributed by atoms with Crippen LogP contribution >= 0.6 is 23.2 Å². The molecule has 88 valence electrons. The monoisotopic (exact) mass is 260 g/mol. The van der Waals surface area contributed by atoms with E-state index in [-0.39, 0.29) is 11.9 Å². The van der Waals surface area contributed by atoms with Crippen LogP contribution in [0.1, 0.15) is 23.7 Å². The molecular weight excluding hydrogens is 247 g/mol. The number of amides is 1. The summed E-state index contributed by atoms with van der Waals surface area (Å²) in [5.41, 5.74) is 5.99. The molecule has 1 amide bonds. The predicted molar refractivity (Wildman–Crippen MR) is 67.1 cm³/mol. The molecule has 0 aromatic heterocycles. The molecular formula is C11H14Cl2N2O. The fourth-order valence-corrected chi connectivity index (χ4v) is 1.74. The Bertz CT molecular complexity index is 362. The predicted octanol–water partition coefficient (Wildman–Crippen LogP) is 2.46. The number of hydrogen-bond donors (Lipinski definition) is 2. The molecule has 1 rings (SSSR count). The van der Waals surface area contributed by atoms with Crippen molar-refractivity contribution >= 4 is 29.1 Å². The highest BCUT2D eigenvalue weighted by atomic mass is 35.5. The molecule has 0 aliphatic rings. The zero-order valence-electron chi connectivity index (χ0n) is 8.97. The molecule has 0 aliphatic carbocycles. The minimum atomic E-state index is -0.292. The van der Waals surface area contributed by atoms with Gasteiger partial charge in [-0.05, 0) is 18.6 Å².